The Morgan fingerprint density at radius 2 is 1.86 bits per heavy atom. The third-order valence-corrected chi connectivity index (χ3v) is 7.78. The minimum atomic E-state index is -0.411. The Morgan fingerprint density at radius 1 is 1.11 bits per heavy atom. The zero-order chi connectivity index (χ0) is 26.1. The first-order chi connectivity index (χ1) is 17.8. The first kappa shape index (κ1) is 25.0. The van der Waals surface area contributed by atoms with E-state index in [1.54, 1.807) is 0 Å². The number of anilines is 1. The molecule has 190 valence electrons. The van der Waals surface area contributed by atoms with Crippen molar-refractivity contribution in [2.24, 2.45) is 5.92 Å². The van der Waals surface area contributed by atoms with Crippen LogP contribution in [0.5, 0.6) is 5.75 Å². The molecule has 1 atom stereocenters. The van der Waals surface area contributed by atoms with Crippen LogP contribution in [-0.4, -0.2) is 30.1 Å². The van der Waals surface area contributed by atoms with Crippen molar-refractivity contribution < 1.29 is 19.1 Å². The highest BCUT2D eigenvalue weighted by atomic mass is 32.1. The topological polar surface area (TPSA) is 77.5 Å². The van der Waals surface area contributed by atoms with E-state index < -0.39 is 5.97 Å². The number of rotatable bonds is 6. The molecule has 1 N–H and O–H groups in total. The number of amides is 1. The molecule has 37 heavy (non-hydrogen) atoms. The van der Waals surface area contributed by atoms with Gasteiger partial charge in [-0.15, -0.1) is 11.3 Å². The molecule has 1 aliphatic rings. The van der Waals surface area contributed by atoms with E-state index in [1.807, 2.05) is 68.4 Å². The second kappa shape index (κ2) is 10.3. The lowest BCUT2D eigenvalue weighted by Crippen LogP contribution is -2.16. The van der Waals surface area contributed by atoms with Crippen LogP contribution in [0, 0.1) is 5.92 Å². The van der Waals surface area contributed by atoms with Crippen LogP contribution in [0.4, 0.5) is 5.00 Å². The van der Waals surface area contributed by atoms with Gasteiger partial charge in [0.1, 0.15) is 10.8 Å². The maximum absolute atomic E-state index is 13.7. The van der Waals surface area contributed by atoms with Gasteiger partial charge in [-0.1, -0.05) is 25.1 Å². The maximum Gasteiger partial charge on any atom is 0.341 e. The second-order valence-corrected chi connectivity index (χ2v) is 10.9. The summed E-state index contributed by atoms with van der Waals surface area (Å²) < 4.78 is 10.9. The lowest BCUT2D eigenvalue weighted by atomic mass is 9.88. The van der Waals surface area contributed by atoms with Gasteiger partial charge < -0.3 is 14.8 Å². The van der Waals surface area contributed by atoms with Crippen LogP contribution in [0.2, 0.25) is 0 Å². The zero-order valence-electron chi connectivity index (χ0n) is 21.5. The number of aromatic nitrogens is 1. The molecular weight excluding hydrogens is 484 g/mol. The van der Waals surface area contributed by atoms with E-state index in [-0.39, 0.29) is 12.0 Å². The van der Waals surface area contributed by atoms with Crippen molar-refractivity contribution in [1.29, 1.82) is 0 Å². The molecule has 1 aliphatic carbocycles. The third-order valence-electron chi connectivity index (χ3n) is 6.61. The third kappa shape index (κ3) is 5.09. The van der Waals surface area contributed by atoms with Gasteiger partial charge in [-0.25, -0.2) is 9.78 Å². The highest BCUT2D eigenvalue weighted by molar-refractivity contribution is 7.17. The Balaban J connectivity index is 1.54. The molecule has 2 aromatic heterocycles. The van der Waals surface area contributed by atoms with Gasteiger partial charge in [-0.2, -0.15) is 0 Å². The Morgan fingerprint density at radius 3 is 2.59 bits per heavy atom. The number of methoxy groups -OCH3 is 1. The summed E-state index contributed by atoms with van der Waals surface area (Å²) >= 11 is 1.48. The van der Waals surface area contributed by atoms with Crippen LogP contribution in [0.1, 0.15) is 58.3 Å². The van der Waals surface area contributed by atoms with Gasteiger partial charge in [-0.3, -0.25) is 4.79 Å². The fraction of sp³-hybridized carbons (Fsp3) is 0.300. The molecular formula is C30H30N2O4S. The van der Waals surface area contributed by atoms with Crippen LogP contribution in [0.15, 0.2) is 54.6 Å². The number of ether oxygens (including phenoxy) is 2. The first-order valence-corrected chi connectivity index (χ1v) is 13.4. The van der Waals surface area contributed by atoms with Gasteiger partial charge >= 0.3 is 5.97 Å². The van der Waals surface area contributed by atoms with Crippen molar-refractivity contribution in [2.45, 2.75) is 46.1 Å². The largest absolute Gasteiger partial charge is 0.491 e. The zero-order valence-corrected chi connectivity index (χ0v) is 22.3. The lowest BCUT2D eigenvalue weighted by molar-refractivity contribution is 0.0601. The molecule has 6 nitrogen and oxygen atoms in total. The number of para-hydroxylation sites is 1. The standard InChI is InChI=1S/C30H30N2O4S/c1-17(2)36-20-12-10-19(11-13-20)25-16-23(21-7-5-6-8-24(21)31-25)28(33)32-29-27(30(34)35-4)22-14-9-18(3)15-26(22)37-29/h5-8,10-13,16-18H,9,14-15H2,1-4H3,(H,32,33). The van der Waals surface area contributed by atoms with E-state index in [9.17, 15) is 9.59 Å². The molecule has 0 fully saturated rings. The maximum atomic E-state index is 13.7. The molecule has 0 radical (unpaired) electrons. The summed E-state index contributed by atoms with van der Waals surface area (Å²) in [5.41, 5.74) is 4.29. The predicted molar refractivity (Wildman–Crippen MR) is 148 cm³/mol. The smallest absolute Gasteiger partial charge is 0.341 e. The minimum absolute atomic E-state index is 0.0842. The van der Waals surface area contributed by atoms with Crippen molar-refractivity contribution in [2.75, 3.05) is 12.4 Å². The van der Waals surface area contributed by atoms with Crippen molar-refractivity contribution >= 4 is 39.1 Å². The Bertz CT molecular complexity index is 1470. The molecule has 0 spiro atoms. The van der Waals surface area contributed by atoms with Gasteiger partial charge in [0.25, 0.3) is 5.91 Å². The molecule has 5 rings (SSSR count). The fourth-order valence-corrected chi connectivity index (χ4v) is 6.21. The summed E-state index contributed by atoms with van der Waals surface area (Å²) in [6.07, 6.45) is 2.81. The normalized spacial score (nSPS) is 14.9. The molecule has 4 aromatic rings. The summed E-state index contributed by atoms with van der Waals surface area (Å²) in [4.78, 5) is 32.4. The number of nitrogens with one attached hydrogen (secondary N) is 1. The summed E-state index contributed by atoms with van der Waals surface area (Å²) in [7, 11) is 1.38. The number of carbonyl (C=O) groups is 2. The van der Waals surface area contributed by atoms with E-state index in [4.69, 9.17) is 14.5 Å². The van der Waals surface area contributed by atoms with Crippen LogP contribution < -0.4 is 10.1 Å². The number of pyridine rings is 1. The molecule has 0 saturated carbocycles. The highest BCUT2D eigenvalue weighted by Crippen LogP contribution is 2.40. The van der Waals surface area contributed by atoms with Gasteiger partial charge in [-0.05, 0) is 81.0 Å². The van der Waals surface area contributed by atoms with Crippen molar-refractivity contribution in [1.82, 2.24) is 4.98 Å². The molecule has 0 saturated heterocycles. The second-order valence-electron chi connectivity index (χ2n) is 9.76. The highest BCUT2D eigenvalue weighted by Gasteiger charge is 2.29. The van der Waals surface area contributed by atoms with Crippen LogP contribution in [0.3, 0.4) is 0 Å². The summed E-state index contributed by atoms with van der Waals surface area (Å²) in [6.45, 7) is 6.19. The SMILES string of the molecule is COC(=O)c1c(NC(=O)c2cc(-c3ccc(OC(C)C)cc3)nc3ccccc23)sc2c1CCC(C)C2. The molecule has 1 amide bonds. The molecule has 1 unspecified atom stereocenters. The van der Waals surface area contributed by atoms with Gasteiger partial charge in [0.15, 0.2) is 0 Å². The van der Waals surface area contributed by atoms with Crippen LogP contribution >= 0.6 is 11.3 Å². The number of carbonyl (C=O) groups excluding carboxylic acids is 2. The average Bonchev–Trinajstić information content (AvgIpc) is 3.24. The van der Waals surface area contributed by atoms with E-state index in [0.717, 1.165) is 51.9 Å². The number of esters is 1. The number of fused-ring (bicyclic) bond motifs is 2. The Hall–Kier alpha value is -3.71. The van der Waals surface area contributed by atoms with Gasteiger partial charge in [0.05, 0.1) is 35.6 Å². The number of hydrogen-bond acceptors (Lipinski definition) is 6. The number of hydrogen-bond donors (Lipinski definition) is 1. The summed E-state index contributed by atoms with van der Waals surface area (Å²) in [6, 6.07) is 17.1. The predicted octanol–water partition coefficient (Wildman–Crippen LogP) is 6.91. The Labute approximate surface area is 220 Å². The molecule has 2 aromatic carbocycles. The van der Waals surface area contributed by atoms with E-state index >= 15 is 0 Å². The van der Waals surface area contributed by atoms with Crippen molar-refractivity contribution in [3.63, 3.8) is 0 Å². The van der Waals surface area contributed by atoms with E-state index in [0.29, 0.717) is 27.7 Å². The van der Waals surface area contributed by atoms with Gasteiger partial charge in [0, 0.05) is 15.8 Å². The van der Waals surface area contributed by atoms with Crippen molar-refractivity contribution in [3.05, 3.63) is 76.2 Å². The van der Waals surface area contributed by atoms with E-state index in [2.05, 4.69) is 12.2 Å². The van der Waals surface area contributed by atoms with Crippen molar-refractivity contribution in [3.8, 4) is 17.0 Å². The van der Waals surface area contributed by atoms with Crippen LogP contribution in [0.25, 0.3) is 22.2 Å². The quantitative estimate of drug-likeness (QED) is 0.283. The number of nitrogens with zero attached hydrogens (tertiary/aromatic N) is 1. The summed E-state index contributed by atoms with van der Waals surface area (Å²) in [5.74, 6) is 0.635. The fourth-order valence-electron chi connectivity index (χ4n) is 4.81. The number of thiophene rings is 1. The minimum Gasteiger partial charge on any atom is -0.491 e. The molecule has 2 heterocycles. The number of benzene rings is 2. The van der Waals surface area contributed by atoms with Gasteiger partial charge in [0.2, 0.25) is 0 Å². The monoisotopic (exact) mass is 514 g/mol. The average molecular weight is 515 g/mol. The van der Waals surface area contributed by atoms with E-state index in [1.165, 1.54) is 18.4 Å². The molecule has 7 heteroatoms. The van der Waals surface area contributed by atoms with Crippen LogP contribution in [-0.2, 0) is 17.6 Å². The molecule has 0 aliphatic heterocycles. The Kier molecular flexibility index (Phi) is 6.98. The lowest BCUT2D eigenvalue weighted by Gasteiger charge is -2.18. The first-order valence-electron chi connectivity index (χ1n) is 12.5. The summed E-state index contributed by atoms with van der Waals surface area (Å²) in [5, 5.41) is 4.34. The molecule has 0 bridgehead atoms.